The van der Waals surface area contributed by atoms with Crippen LogP contribution in [0.5, 0.6) is 5.75 Å². The number of halogens is 3. The quantitative estimate of drug-likeness (QED) is 0.557. The molecule has 0 saturated carbocycles. The van der Waals surface area contributed by atoms with E-state index in [1.807, 2.05) is 0 Å². The van der Waals surface area contributed by atoms with Gasteiger partial charge in [-0.25, -0.2) is 9.78 Å². The van der Waals surface area contributed by atoms with E-state index in [1.165, 1.54) is 30.7 Å². The zero-order valence-electron chi connectivity index (χ0n) is 19.7. The van der Waals surface area contributed by atoms with Gasteiger partial charge >= 0.3 is 12.4 Å². The summed E-state index contributed by atoms with van der Waals surface area (Å²) < 4.78 is 47.3. The van der Waals surface area contributed by atoms with Crippen LogP contribution in [0, 0.1) is 0 Å². The highest BCUT2D eigenvalue weighted by Crippen LogP contribution is 2.37. The molecule has 2 saturated heterocycles. The lowest BCUT2D eigenvalue weighted by Gasteiger charge is -2.40. The predicted octanol–water partition coefficient (Wildman–Crippen LogP) is 3.58. The first-order valence-corrected chi connectivity index (χ1v) is 11.9. The number of hydrogen-bond donors (Lipinski definition) is 1. The molecule has 2 fully saturated rings. The second-order valence-electron chi connectivity index (χ2n) is 9.20. The van der Waals surface area contributed by atoms with Crippen molar-refractivity contribution in [3.63, 3.8) is 0 Å². The highest BCUT2D eigenvalue weighted by Gasteiger charge is 2.37. The minimum atomic E-state index is -4.78. The van der Waals surface area contributed by atoms with E-state index in [4.69, 9.17) is 4.52 Å². The molecule has 37 heavy (non-hydrogen) atoms. The van der Waals surface area contributed by atoms with Crippen molar-refractivity contribution in [2.45, 2.75) is 43.6 Å². The van der Waals surface area contributed by atoms with Crippen molar-refractivity contribution in [1.29, 1.82) is 0 Å². The maximum absolute atomic E-state index is 13.4. The molecule has 2 amide bonds. The largest absolute Gasteiger partial charge is 0.573 e. The maximum Gasteiger partial charge on any atom is 0.573 e. The van der Waals surface area contributed by atoms with Crippen molar-refractivity contribution in [1.82, 2.24) is 29.9 Å². The summed E-state index contributed by atoms with van der Waals surface area (Å²) >= 11 is 0. The molecule has 1 aromatic carbocycles. The second-order valence-corrected chi connectivity index (χ2v) is 9.20. The van der Waals surface area contributed by atoms with E-state index < -0.39 is 12.5 Å². The topological polar surface area (TPSA) is 118 Å². The van der Waals surface area contributed by atoms with Crippen LogP contribution in [-0.4, -0.2) is 79.7 Å². The zero-order valence-corrected chi connectivity index (χ0v) is 19.7. The lowest BCUT2D eigenvalue weighted by molar-refractivity contribution is -0.274. The van der Waals surface area contributed by atoms with E-state index in [9.17, 15) is 23.1 Å². The lowest BCUT2D eigenvalue weighted by Crippen LogP contribution is -2.51. The van der Waals surface area contributed by atoms with Gasteiger partial charge in [-0.1, -0.05) is 17.3 Å². The van der Waals surface area contributed by atoms with Gasteiger partial charge in [0.15, 0.2) is 0 Å². The maximum atomic E-state index is 13.4. The molecule has 3 aromatic rings. The molecule has 2 atom stereocenters. The van der Waals surface area contributed by atoms with Crippen LogP contribution in [0.2, 0.25) is 0 Å². The number of aliphatic hydroxyl groups excluding tert-OH is 1. The Morgan fingerprint density at radius 2 is 1.78 bits per heavy atom. The van der Waals surface area contributed by atoms with Crippen molar-refractivity contribution in [2.75, 3.05) is 26.2 Å². The predicted molar refractivity (Wildman–Crippen MR) is 122 cm³/mol. The highest BCUT2D eigenvalue weighted by molar-refractivity contribution is 5.75. The highest BCUT2D eigenvalue weighted by atomic mass is 19.4. The molecule has 0 radical (unpaired) electrons. The molecule has 2 unspecified atom stereocenters. The summed E-state index contributed by atoms with van der Waals surface area (Å²) in [6.07, 6.45) is 0.946. The molecule has 2 aromatic heterocycles. The molecule has 2 aliphatic heterocycles. The first-order chi connectivity index (χ1) is 17.7. The molecular weight excluding hydrogens is 493 g/mol. The van der Waals surface area contributed by atoms with Crippen molar-refractivity contribution in [3.8, 4) is 17.3 Å². The Hall–Kier alpha value is -3.74. The molecule has 5 rings (SSSR count). The molecule has 13 heteroatoms. The van der Waals surface area contributed by atoms with Crippen LogP contribution in [0.1, 0.15) is 42.6 Å². The average molecular weight is 518 g/mol. The number of benzene rings is 1. The molecule has 0 spiro atoms. The van der Waals surface area contributed by atoms with Crippen molar-refractivity contribution in [3.05, 3.63) is 54.3 Å². The van der Waals surface area contributed by atoms with Crippen LogP contribution < -0.4 is 4.74 Å². The summed E-state index contributed by atoms with van der Waals surface area (Å²) in [5, 5.41) is 13.8. The molecule has 196 valence electrons. The van der Waals surface area contributed by atoms with Gasteiger partial charge < -0.3 is 24.2 Å². The Bertz CT molecular complexity index is 1200. The number of ether oxygens (including phenoxy) is 1. The van der Waals surface area contributed by atoms with Gasteiger partial charge in [-0.3, -0.25) is 4.98 Å². The Morgan fingerprint density at radius 1 is 1.05 bits per heavy atom. The monoisotopic (exact) mass is 518 g/mol. The van der Waals surface area contributed by atoms with Crippen LogP contribution >= 0.6 is 0 Å². The summed E-state index contributed by atoms with van der Waals surface area (Å²) in [4.78, 5) is 29.5. The Morgan fingerprint density at radius 3 is 2.46 bits per heavy atom. The van der Waals surface area contributed by atoms with Gasteiger partial charge in [-0.15, -0.1) is 13.2 Å². The first-order valence-electron chi connectivity index (χ1n) is 11.9. The lowest BCUT2D eigenvalue weighted by atomic mass is 9.84. The summed E-state index contributed by atoms with van der Waals surface area (Å²) in [6, 6.07) is 5.53. The van der Waals surface area contributed by atoms with Crippen LogP contribution in [-0.2, 0) is 0 Å². The smallest absolute Gasteiger partial charge is 0.406 e. The normalized spacial score (nSPS) is 21.2. The van der Waals surface area contributed by atoms with Crippen LogP contribution in [0.4, 0.5) is 18.0 Å². The third-order valence-electron chi connectivity index (χ3n) is 6.62. The van der Waals surface area contributed by atoms with Gasteiger partial charge in [0.1, 0.15) is 11.4 Å². The van der Waals surface area contributed by atoms with E-state index in [1.54, 1.807) is 21.9 Å². The van der Waals surface area contributed by atoms with E-state index in [0.717, 1.165) is 5.56 Å². The Kier molecular flexibility index (Phi) is 6.96. The van der Waals surface area contributed by atoms with Gasteiger partial charge in [0, 0.05) is 44.5 Å². The number of piperidine rings is 2. The third-order valence-corrected chi connectivity index (χ3v) is 6.62. The minimum absolute atomic E-state index is 0.160. The molecular formula is C24H25F3N6O4. The van der Waals surface area contributed by atoms with E-state index in [-0.39, 0.29) is 29.4 Å². The third kappa shape index (κ3) is 5.98. The standard InChI is InChI=1S/C24H25F3N6O4/c25-24(26,27)36-19-3-1-15(2-4-19)16-11-17(22-30-21(31-37-22)20-12-28-7-8-29-20)14-33(13-16)23(35)32-9-5-18(34)6-10-32/h1-4,7-8,12,16-18,34H,5-6,9-11,13-14H2. The summed E-state index contributed by atoms with van der Waals surface area (Å²) in [5.74, 6) is -0.183. The number of carbonyl (C=O) groups is 1. The molecule has 4 heterocycles. The Balaban J connectivity index is 1.38. The number of hydrogen-bond acceptors (Lipinski definition) is 8. The van der Waals surface area contributed by atoms with E-state index in [0.29, 0.717) is 57.0 Å². The fourth-order valence-corrected chi connectivity index (χ4v) is 4.79. The van der Waals surface area contributed by atoms with Gasteiger partial charge in [0.05, 0.1) is 18.2 Å². The SMILES string of the molecule is O=C(N1CCC(O)CC1)N1CC(c2ccc(OC(F)(F)F)cc2)CC(c2nc(-c3cnccn3)no2)C1. The fraction of sp³-hybridized carbons (Fsp3) is 0.458. The number of alkyl halides is 3. The van der Waals surface area contributed by atoms with E-state index in [2.05, 4.69) is 24.8 Å². The number of rotatable bonds is 4. The van der Waals surface area contributed by atoms with Gasteiger partial charge in [-0.2, -0.15) is 4.98 Å². The number of aromatic nitrogens is 4. The summed E-state index contributed by atoms with van der Waals surface area (Å²) in [6.45, 7) is 1.62. The van der Waals surface area contributed by atoms with Crippen molar-refractivity contribution in [2.24, 2.45) is 0 Å². The molecule has 0 bridgehead atoms. The number of aliphatic hydroxyl groups is 1. The number of likely N-dealkylation sites (tertiary alicyclic amines) is 2. The average Bonchev–Trinajstić information content (AvgIpc) is 3.39. The van der Waals surface area contributed by atoms with Crippen LogP contribution in [0.3, 0.4) is 0 Å². The van der Waals surface area contributed by atoms with Crippen LogP contribution in [0.25, 0.3) is 11.5 Å². The van der Waals surface area contributed by atoms with Gasteiger partial charge in [0.2, 0.25) is 11.7 Å². The summed E-state index contributed by atoms with van der Waals surface area (Å²) in [5.41, 5.74) is 1.21. The molecule has 1 N–H and O–H groups in total. The van der Waals surface area contributed by atoms with Gasteiger partial charge in [0.25, 0.3) is 0 Å². The number of urea groups is 1. The molecule has 10 nitrogen and oxygen atoms in total. The number of nitrogens with zero attached hydrogens (tertiary/aromatic N) is 6. The fourth-order valence-electron chi connectivity index (χ4n) is 4.79. The number of amides is 2. The first kappa shape index (κ1) is 24.9. The minimum Gasteiger partial charge on any atom is -0.406 e. The molecule has 0 aliphatic carbocycles. The van der Waals surface area contributed by atoms with Crippen molar-refractivity contribution < 1.29 is 32.3 Å². The van der Waals surface area contributed by atoms with Gasteiger partial charge in [-0.05, 0) is 37.0 Å². The number of carbonyl (C=O) groups excluding carboxylic acids is 1. The summed E-state index contributed by atoms with van der Waals surface area (Å²) in [7, 11) is 0. The Labute approximate surface area is 210 Å². The van der Waals surface area contributed by atoms with Crippen LogP contribution in [0.15, 0.2) is 47.4 Å². The van der Waals surface area contributed by atoms with Crippen molar-refractivity contribution >= 4 is 6.03 Å². The molecule has 2 aliphatic rings. The second kappa shape index (κ2) is 10.3. The zero-order chi connectivity index (χ0) is 26.0. The van der Waals surface area contributed by atoms with E-state index >= 15 is 0 Å².